The molecule has 0 amide bonds. The lowest BCUT2D eigenvalue weighted by Gasteiger charge is -2.18. The van der Waals surface area contributed by atoms with Crippen LogP contribution in [0.15, 0.2) is 16.6 Å². The number of carbonyl (C=O) groups is 1. The van der Waals surface area contributed by atoms with Crippen molar-refractivity contribution in [3.05, 3.63) is 22.2 Å². The van der Waals surface area contributed by atoms with E-state index in [0.29, 0.717) is 16.5 Å². The first-order valence-electron chi connectivity index (χ1n) is 7.02. The number of hydrogen-bond donors (Lipinski definition) is 2. The molecular formula is C15H20BrF2NO4. The number of aliphatic carboxylic acids is 1. The molecule has 0 saturated carbocycles. The highest BCUT2D eigenvalue weighted by Gasteiger charge is 2.20. The van der Waals surface area contributed by atoms with Crippen molar-refractivity contribution in [2.24, 2.45) is 5.92 Å². The van der Waals surface area contributed by atoms with E-state index in [9.17, 15) is 18.7 Å². The van der Waals surface area contributed by atoms with Crippen molar-refractivity contribution in [2.45, 2.75) is 39.5 Å². The molecule has 8 heteroatoms. The highest BCUT2D eigenvalue weighted by atomic mass is 79.9. The highest BCUT2D eigenvalue weighted by Crippen LogP contribution is 2.37. The molecule has 130 valence electrons. The van der Waals surface area contributed by atoms with Crippen LogP contribution in [0.25, 0.3) is 0 Å². The number of halogens is 3. The molecule has 0 spiro atoms. The number of carboxylic acids is 1. The fourth-order valence-corrected chi connectivity index (χ4v) is 2.65. The van der Waals surface area contributed by atoms with Gasteiger partial charge in [-0.3, -0.25) is 4.79 Å². The largest absolute Gasteiger partial charge is 0.493 e. The standard InChI is InChI=1S/C15H20BrF2NO4/c1-8(2)4-11(14(20)21)19-7-9-5-10(16)13(23-15(17)18)12(6-9)22-3/h5-6,8,11,15,19H,4,7H2,1-3H3,(H,20,21)/t11-/m1/s1. The van der Waals surface area contributed by atoms with Gasteiger partial charge >= 0.3 is 12.6 Å². The maximum absolute atomic E-state index is 12.4. The predicted molar refractivity (Wildman–Crippen MR) is 85.0 cm³/mol. The van der Waals surface area contributed by atoms with E-state index >= 15 is 0 Å². The fourth-order valence-electron chi connectivity index (χ4n) is 2.06. The van der Waals surface area contributed by atoms with Gasteiger partial charge in [-0.25, -0.2) is 0 Å². The quantitative estimate of drug-likeness (QED) is 0.667. The van der Waals surface area contributed by atoms with Crippen molar-refractivity contribution in [1.29, 1.82) is 0 Å². The highest BCUT2D eigenvalue weighted by molar-refractivity contribution is 9.10. The van der Waals surface area contributed by atoms with Crippen LogP contribution in [0.2, 0.25) is 0 Å². The SMILES string of the molecule is COc1cc(CN[C@H](CC(C)C)C(=O)O)cc(Br)c1OC(F)F. The molecule has 0 unspecified atom stereocenters. The van der Waals surface area contributed by atoms with Gasteiger partial charge in [0.05, 0.1) is 11.6 Å². The molecule has 2 N–H and O–H groups in total. The minimum atomic E-state index is -2.97. The number of alkyl halides is 2. The summed E-state index contributed by atoms with van der Waals surface area (Å²) in [5, 5.41) is 12.1. The number of carboxylic acid groups (broad SMARTS) is 1. The van der Waals surface area contributed by atoms with Gasteiger partial charge in [0.1, 0.15) is 6.04 Å². The van der Waals surface area contributed by atoms with Crippen LogP contribution in [0.1, 0.15) is 25.8 Å². The van der Waals surface area contributed by atoms with Gasteiger partial charge in [-0.05, 0) is 46.0 Å². The average molecular weight is 396 g/mol. The molecule has 0 radical (unpaired) electrons. The number of nitrogens with one attached hydrogen (secondary N) is 1. The van der Waals surface area contributed by atoms with Gasteiger partial charge in [0.15, 0.2) is 11.5 Å². The van der Waals surface area contributed by atoms with E-state index in [4.69, 9.17) is 4.74 Å². The smallest absolute Gasteiger partial charge is 0.387 e. The fraction of sp³-hybridized carbons (Fsp3) is 0.533. The molecule has 0 saturated heterocycles. The summed E-state index contributed by atoms with van der Waals surface area (Å²) in [5.74, 6) is -0.649. The summed E-state index contributed by atoms with van der Waals surface area (Å²) in [6.45, 7) is 1.17. The number of hydrogen-bond acceptors (Lipinski definition) is 4. The molecule has 0 bridgehead atoms. The Morgan fingerprint density at radius 1 is 1.39 bits per heavy atom. The minimum absolute atomic E-state index is 0.0942. The molecule has 0 aliphatic rings. The van der Waals surface area contributed by atoms with Gasteiger partial charge < -0.3 is 19.9 Å². The zero-order valence-corrected chi connectivity index (χ0v) is 14.7. The van der Waals surface area contributed by atoms with Gasteiger partial charge in [-0.1, -0.05) is 13.8 Å². The first-order valence-corrected chi connectivity index (χ1v) is 7.81. The monoisotopic (exact) mass is 395 g/mol. The summed E-state index contributed by atoms with van der Waals surface area (Å²) in [6.07, 6.45) is 0.486. The molecule has 5 nitrogen and oxygen atoms in total. The predicted octanol–water partition coefficient (Wildman–Crippen LogP) is 3.65. The second-order valence-corrected chi connectivity index (χ2v) is 6.24. The zero-order chi connectivity index (χ0) is 17.6. The Bertz CT molecular complexity index is 540. The third-order valence-corrected chi connectivity index (χ3v) is 3.64. The van der Waals surface area contributed by atoms with Crippen molar-refractivity contribution in [3.8, 4) is 11.5 Å². The van der Waals surface area contributed by atoms with E-state index in [1.165, 1.54) is 13.2 Å². The molecule has 0 aromatic heterocycles. The van der Waals surface area contributed by atoms with Crippen LogP contribution in [0.4, 0.5) is 8.78 Å². The third kappa shape index (κ3) is 6.31. The van der Waals surface area contributed by atoms with E-state index < -0.39 is 18.6 Å². The van der Waals surface area contributed by atoms with E-state index in [1.807, 2.05) is 13.8 Å². The Kier molecular flexibility index (Phi) is 7.70. The van der Waals surface area contributed by atoms with Crippen molar-refractivity contribution in [3.63, 3.8) is 0 Å². The van der Waals surface area contributed by atoms with Crippen LogP contribution in [0.3, 0.4) is 0 Å². The number of benzene rings is 1. The molecule has 0 aliphatic carbocycles. The Hall–Kier alpha value is -1.41. The minimum Gasteiger partial charge on any atom is -0.493 e. The molecule has 0 aliphatic heterocycles. The van der Waals surface area contributed by atoms with E-state index in [0.717, 1.165) is 0 Å². The number of methoxy groups -OCH3 is 1. The molecule has 0 fully saturated rings. The molecule has 1 rings (SSSR count). The summed E-state index contributed by atoms with van der Waals surface area (Å²) in [5.41, 5.74) is 0.686. The molecule has 1 aromatic rings. The van der Waals surface area contributed by atoms with Gasteiger partial charge in [0.2, 0.25) is 0 Å². The Labute approximate surface area is 142 Å². The lowest BCUT2D eigenvalue weighted by atomic mass is 10.0. The molecule has 23 heavy (non-hydrogen) atoms. The second-order valence-electron chi connectivity index (χ2n) is 5.39. The topological polar surface area (TPSA) is 67.8 Å². The van der Waals surface area contributed by atoms with E-state index in [1.54, 1.807) is 6.07 Å². The van der Waals surface area contributed by atoms with Crippen LogP contribution < -0.4 is 14.8 Å². The van der Waals surface area contributed by atoms with Crippen molar-refractivity contribution in [2.75, 3.05) is 7.11 Å². The maximum atomic E-state index is 12.4. The molecule has 1 atom stereocenters. The Balaban J connectivity index is 2.88. The number of rotatable bonds is 9. The first-order chi connectivity index (χ1) is 10.7. The van der Waals surface area contributed by atoms with Crippen molar-refractivity contribution in [1.82, 2.24) is 5.32 Å². The molecular weight excluding hydrogens is 376 g/mol. The third-order valence-electron chi connectivity index (χ3n) is 3.05. The Morgan fingerprint density at radius 3 is 2.52 bits per heavy atom. The summed E-state index contributed by atoms with van der Waals surface area (Å²) in [6, 6.07) is 2.43. The molecule has 0 heterocycles. The first kappa shape index (κ1) is 19.6. The summed E-state index contributed by atoms with van der Waals surface area (Å²) in [4.78, 5) is 11.2. The lowest BCUT2D eigenvalue weighted by molar-refractivity contribution is -0.140. The molecule has 1 aromatic carbocycles. The summed E-state index contributed by atoms with van der Waals surface area (Å²) >= 11 is 3.16. The maximum Gasteiger partial charge on any atom is 0.387 e. The number of ether oxygens (including phenoxy) is 2. The van der Waals surface area contributed by atoms with Crippen LogP contribution in [0.5, 0.6) is 11.5 Å². The van der Waals surface area contributed by atoms with Gasteiger partial charge in [-0.2, -0.15) is 8.78 Å². The average Bonchev–Trinajstić information content (AvgIpc) is 2.44. The van der Waals surface area contributed by atoms with Gasteiger partial charge in [-0.15, -0.1) is 0 Å². The Morgan fingerprint density at radius 2 is 2.04 bits per heavy atom. The normalized spacial score (nSPS) is 12.5. The van der Waals surface area contributed by atoms with Crippen LogP contribution in [-0.4, -0.2) is 30.8 Å². The summed E-state index contributed by atoms with van der Waals surface area (Å²) < 4.78 is 34.6. The van der Waals surface area contributed by atoms with Crippen molar-refractivity contribution >= 4 is 21.9 Å². The summed E-state index contributed by atoms with van der Waals surface area (Å²) in [7, 11) is 1.34. The van der Waals surface area contributed by atoms with Gasteiger partial charge in [0.25, 0.3) is 0 Å². The van der Waals surface area contributed by atoms with Crippen molar-refractivity contribution < 1.29 is 28.2 Å². The lowest BCUT2D eigenvalue weighted by Crippen LogP contribution is -2.37. The van der Waals surface area contributed by atoms with E-state index in [-0.39, 0.29) is 24.0 Å². The zero-order valence-electron chi connectivity index (χ0n) is 13.1. The van der Waals surface area contributed by atoms with Crippen LogP contribution in [0, 0.1) is 5.92 Å². The van der Waals surface area contributed by atoms with Crippen LogP contribution >= 0.6 is 15.9 Å². The second kappa shape index (κ2) is 9.02. The van der Waals surface area contributed by atoms with Crippen LogP contribution in [-0.2, 0) is 11.3 Å². The van der Waals surface area contributed by atoms with Gasteiger partial charge in [0, 0.05) is 6.54 Å². The van der Waals surface area contributed by atoms with E-state index in [2.05, 4.69) is 26.0 Å².